The molecule has 27 heavy (non-hydrogen) atoms. The van der Waals surface area contributed by atoms with Crippen LogP contribution < -0.4 is 14.4 Å². The molecule has 0 saturated carbocycles. The molecule has 0 saturated heterocycles. The Hall–Kier alpha value is -3.11. The van der Waals surface area contributed by atoms with Crippen LogP contribution in [0, 0.1) is 10.1 Å². The molecule has 0 aliphatic carbocycles. The second-order valence-electron chi connectivity index (χ2n) is 5.80. The van der Waals surface area contributed by atoms with E-state index in [0.29, 0.717) is 24.1 Å². The molecular formula is C16H15F3N4O4. The molecule has 11 heteroatoms. The molecule has 1 aliphatic heterocycles. The third-order valence-electron chi connectivity index (χ3n) is 4.21. The van der Waals surface area contributed by atoms with Gasteiger partial charge in [0.2, 0.25) is 5.95 Å². The number of nitro groups is 1. The molecule has 0 fully saturated rings. The van der Waals surface area contributed by atoms with E-state index in [1.807, 2.05) is 0 Å². The average molecular weight is 384 g/mol. The third-order valence-corrected chi connectivity index (χ3v) is 4.21. The summed E-state index contributed by atoms with van der Waals surface area (Å²) in [7, 11) is 2.48. The molecule has 1 aromatic carbocycles. The van der Waals surface area contributed by atoms with Crippen molar-refractivity contribution < 1.29 is 27.6 Å². The van der Waals surface area contributed by atoms with E-state index >= 15 is 0 Å². The molecule has 0 N–H and O–H groups in total. The molecule has 1 aromatic heterocycles. The number of fused-ring (bicyclic) bond motifs is 1. The fraction of sp³-hybridized carbons (Fsp3) is 0.375. The second kappa shape index (κ2) is 6.89. The van der Waals surface area contributed by atoms with Crippen molar-refractivity contribution in [1.29, 1.82) is 0 Å². The average Bonchev–Trinajstić information content (AvgIpc) is 2.64. The molecule has 2 heterocycles. The summed E-state index contributed by atoms with van der Waals surface area (Å²) in [6, 6.07) is 3.59. The number of hydrogen-bond acceptors (Lipinski definition) is 7. The zero-order valence-corrected chi connectivity index (χ0v) is 14.4. The summed E-state index contributed by atoms with van der Waals surface area (Å²) in [5.74, 6) is -0.361. The van der Waals surface area contributed by atoms with Gasteiger partial charge in [0.05, 0.1) is 24.7 Å². The number of alkyl halides is 3. The van der Waals surface area contributed by atoms with E-state index in [2.05, 4.69) is 9.97 Å². The van der Waals surface area contributed by atoms with Crippen LogP contribution in [0.4, 0.5) is 24.8 Å². The lowest BCUT2D eigenvalue weighted by Gasteiger charge is -2.29. The summed E-state index contributed by atoms with van der Waals surface area (Å²) >= 11 is 0. The van der Waals surface area contributed by atoms with E-state index in [1.54, 1.807) is 4.90 Å². The Bertz CT molecular complexity index is 863. The Balaban J connectivity index is 1.94. The third kappa shape index (κ3) is 3.57. The molecular weight excluding hydrogens is 369 g/mol. The van der Waals surface area contributed by atoms with Crippen LogP contribution in [0.1, 0.15) is 16.7 Å². The lowest BCUT2D eigenvalue weighted by molar-refractivity contribution is -0.387. The molecule has 0 atom stereocenters. The van der Waals surface area contributed by atoms with Crippen LogP contribution in [-0.4, -0.2) is 35.7 Å². The van der Waals surface area contributed by atoms with Gasteiger partial charge < -0.3 is 14.4 Å². The van der Waals surface area contributed by atoms with Gasteiger partial charge in [0, 0.05) is 13.1 Å². The lowest BCUT2D eigenvalue weighted by atomic mass is 9.97. The Labute approximate surface area is 151 Å². The van der Waals surface area contributed by atoms with E-state index < -0.39 is 22.4 Å². The van der Waals surface area contributed by atoms with Gasteiger partial charge in [-0.15, -0.1) is 0 Å². The monoisotopic (exact) mass is 384 g/mol. The number of hydrogen-bond donors (Lipinski definition) is 0. The van der Waals surface area contributed by atoms with Crippen molar-refractivity contribution in [3.05, 3.63) is 45.0 Å². The maximum Gasteiger partial charge on any atom is 0.416 e. The van der Waals surface area contributed by atoms with E-state index in [9.17, 15) is 23.3 Å². The van der Waals surface area contributed by atoms with Crippen molar-refractivity contribution in [1.82, 2.24) is 9.97 Å². The topological polar surface area (TPSA) is 90.6 Å². The van der Waals surface area contributed by atoms with Gasteiger partial charge in [-0.2, -0.15) is 23.1 Å². The highest BCUT2D eigenvalue weighted by atomic mass is 19.4. The first-order valence-electron chi connectivity index (χ1n) is 7.83. The minimum Gasteiger partial charge on any atom is -0.476 e. The van der Waals surface area contributed by atoms with Gasteiger partial charge in [-0.25, -0.2) is 0 Å². The summed E-state index contributed by atoms with van der Waals surface area (Å²) in [6.45, 7) is 0.607. The molecule has 0 bridgehead atoms. The molecule has 3 rings (SSSR count). The molecule has 8 nitrogen and oxygen atoms in total. The molecule has 0 radical (unpaired) electrons. The van der Waals surface area contributed by atoms with Crippen LogP contribution in [0.15, 0.2) is 18.2 Å². The number of anilines is 1. The fourth-order valence-electron chi connectivity index (χ4n) is 2.89. The maximum atomic E-state index is 12.9. The summed E-state index contributed by atoms with van der Waals surface area (Å²) in [6.07, 6.45) is -4.04. The van der Waals surface area contributed by atoms with Crippen molar-refractivity contribution in [2.24, 2.45) is 0 Å². The van der Waals surface area contributed by atoms with Gasteiger partial charge in [-0.1, -0.05) is 6.07 Å². The van der Waals surface area contributed by atoms with Gasteiger partial charge in [0.1, 0.15) is 0 Å². The lowest BCUT2D eigenvalue weighted by Crippen LogP contribution is -2.32. The zero-order valence-electron chi connectivity index (χ0n) is 14.4. The molecule has 1 aliphatic rings. The number of ether oxygens (including phenoxy) is 2. The van der Waals surface area contributed by atoms with Crippen molar-refractivity contribution in [2.75, 3.05) is 25.7 Å². The molecule has 0 unspecified atom stereocenters. The minimum absolute atomic E-state index is 0.139. The van der Waals surface area contributed by atoms with E-state index in [-0.39, 0.29) is 24.3 Å². The SMILES string of the molecule is COc1nc(N2CCc3cc(C(F)(F)F)ccc3C2)nc(OC)c1[N+](=O)[O-]. The van der Waals surface area contributed by atoms with Crippen LogP contribution >= 0.6 is 0 Å². The van der Waals surface area contributed by atoms with E-state index in [1.165, 1.54) is 20.3 Å². The maximum absolute atomic E-state index is 12.9. The first-order valence-corrected chi connectivity index (χ1v) is 7.83. The normalized spacial score (nSPS) is 13.9. The predicted molar refractivity (Wildman–Crippen MR) is 88.0 cm³/mol. The molecule has 144 valence electrons. The van der Waals surface area contributed by atoms with Crippen molar-refractivity contribution in [3.8, 4) is 11.8 Å². The Morgan fingerprint density at radius 2 is 1.78 bits per heavy atom. The minimum atomic E-state index is -4.39. The van der Waals surface area contributed by atoms with E-state index in [0.717, 1.165) is 12.1 Å². The second-order valence-corrected chi connectivity index (χ2v) is 5.80. The summed E-state index contributed by atoms with van der Waals surface area (Å²) in [5, 5.41) is 11.2. The first kappa shape index (κ1) is 18.7. The van der Waals surface area contributed by atoms with Crippen LogP contribution in [-0.2, 0) is 19.1 Å². The molecule has 0 amide bonds. The number of methoxy groups -OCH3 is 2. The van der Waals surface area contributed by atoms with E-state index in [4.69, 9.17) is 9.47 Å². The number of halogens is 3. The number of benzene rings is 1. The van der Waals surface area contributed by atoms with Crippen LogP contribution in [0.5, 0.6) is 11.8 Å². The van der Waals surface area contributed by atoms with Gasteiger partial charge >= 0.3 is 23.6 Å². The van der Waals surface area contributed by atoms with Gasteiger partial charge in [0.25, 0.3) is 0 Å². The van der Waals surface area contributed by atoms with Crippen LogP contribution in [0.25, 0.3) is 0 Å². The molecule has 2 aromatic rings. The van der Waals surface area contributed by atoms with Gasteiger partial charge in [-0.3, -0.25) is 10.1 Å². The number of aromatic nitrogens is 2. The van der Waals surface area contributed by atoms with Crippen molar-refractivity contribution in [3.63, 3.8) is 0 Å². The van der Waals surface area contributed by atoms with Crippen LogP contribution in [0.2, 0.25) is 0 Å². The van der Waals surface area contributed by atoms with Gasteiger partial charge in [0.15, 0.2) is 0 Å². The predicted octanol–water partition coefficient (Wildman–Crippen LogP) is 2.98. The zero-order chi connectivity index (χ0) is 19.8. The largest absolute Gasteiger partial charge is 0.476 e. The quantitative estimate of drug-likeness (QED) is 0.591. The first-order chi connectivity index (χ1) is 12.7. The Morgan fingerprint density at radius 3 is 2.30 bits per heavy atom. The highest BCUT2D eigenvalue weighted by Crippen LogP contribution is 2.37. The Kier molecular flexibility index (Phi) is 4.77. The summed E-state index contributed by atoms with van der Waals surface area (Å²) in [4.78, 5) is 20.3. The van der Waals surface area contributed by atoms with Crippen molar-refractivity contribution >= 4 is 11.6 Å². The summed E-state index contributed by atoms with van der Waals surface area (Å²) < 4.78 is 48.5. The smallest absolute Gasteiger partial charge is 0.416 e. The highest BCUT2D eigenvalue weighted by molar-refractivity contribution is 5.54. The Morgan fingerprint density at radius 1 is 1.15 bits per heavy atom. The van der Waals surface area contributed by atoms with Gasteiger partial charge in [-0.05, 0) is 29.7 Å². The summed E-state index contributed by atoms with van der Waals surface area (Å²) in [5.41, 5.74) is 0.122. The standard InChI is InChI=1S/C16H15F3N4O4/c1-26-13-12(23(24)25)14(27-2)21-15(20-13)22-6-5-9-7-11(16(17,18)19)4-3-10(9)8-22/h3-4,7H,5-6,8H2,1-2H3. The van der Waals surface area contributed by atoms with Crippen LogP contribution in [0.3, 0.4) is 0 Å². The van der Waals surface area contributed by atoms with Crippen molar-refractivity contribution in [2.45, 2.75) is 19.1 Å². The highest BCUT2D eigenvalue weighted by Gasteiger charge is 2.33. The molecule has 0 spiro atoms. The number of rotatable bonds is 4. The number of nitrogens with zero attached hydrogens (tertiary/aromatic N) is 4. The fourth-order valence-corrected chi connectivity index (χ4v) is 2.89.